The predicted molar refractivity (Wildman–Crippen MR) is 191 cm³/mol. The van der Waals surface area contributed by atoms with Crippen molar-refractivity contribution in [2.24, 2.45) is 4.99 Å². The topological polar surface area (TPSA) is 159 Å². The molecule has 4 N–H and O–H groups in total. The SMILES string of the molecule is O=Cc1ccc(OC2N=C(Oc3ccc(OCCCOc4ccc(O)cc4)cc3)NC(Oc3ccc(OCCOc4ccc(O)cc4)cc3)N2)cc1. The third kappa shape index (κ3) is 11.0. The first-order valence-electron chi connectivity index (χ1n) is 16.4. The van der Waals surface area contributed by atoms with Crippen LogP contribution in [0.25, 0.3) is 0 Å². The molecule has 268 valence electrons. The van der Waals surface area contributed by atoms with Gasteiger partial charge in [-0.25, -0.2) is 5.32 Å². The van der Waals surface area contributed by atoms with Gasteiger partial charge >= 0.3 is 0 Å². The normalized spacial score (nSPS) is 15.0. The van der Waals surface area contributed by atoms with Crippen LogP contribution in [0.1, 0.15) is 16.8 Å². The van der Waals surface area contributed by atoms with Crippen molar-refractivity contribution in [3.63, 3.8) is 0 Å². The Kier molecular flexibility index (Phi) is 12.1. The van der Waals surface area contributed by atoms with E-state index in [2.05, 4.69) is 15.6 Å². The van der Waals surface area contributed by atoms with Gasteiger partial charge in [-0.1, -0.05) is 0 Å². The Labute approximate surface area is 299 Å². The standard InChI is InChI=1S/C39H37N3O10/c43-26-27-2-8-34(9-3-27)50-37-40-38(51-35-18-14-32(15-19-35)47-23-1-22-46-30-10-4-28(44)5-11-30)42-39(41-37)52-36-20-16-33(17-21-36)49-25-24-48-31-12-6-29(45)7-13-31/h2-21,26,37,39,41,44-45H,1,22-25H2,(H,40,42). The number of nitrogens with zero attached hydrogens (tertiary/aromatic N) is 1. The second-order valence-corrected chi connectivity index (χ2v) is 11.2. The molecule has 13 nitrogen and oxygen atoms in total. The minimum absolute atomic E-state index is 0.145. The molecule has 0 fully saturated rings. The molecule has 0 amide bonds. The van der Waals surface area contributed by atoms with E-state index in [0.29, 0.717) is 78.7 Å². The van der Waals surface area contributed by atoms with Crippen LogP contribution in [0.2, 0.25) is 0 Å². The summed E-state index contributed by atoms with van der Waals surface area (Å²) in [6, 6.07) is 34.0. The van der Waals surface area contributed by atoms with Gasteiger partial charge in [-0.15, -0.1) is 0 Å². The van der Waals surface area contributed by atoms with Gasteiger partial charge in [0.2, 0.25) is 6.35 Å². The summed E-state index contributed by atoms with van der Waals surface area (Å²) in [5.74, 6) is 4.49. The Balaban J connectivity index is 1.01. The van der Waals surface area contributed by atoms with Crippen molar-refractivity contribution < 1.29 is 48.2 Å². The summed E-state index contributed by atoms with van der Waals surface area (Å²) in [4.78, 5) is 15.6. The summed E-state index contributed by atoms with van der Waals surface area (Å²) >= 11 is 0. The molecule has 0 radical (unpaired) electrons. The lowest BCUT2D eigenvalue weighted by atomic mass is 10.2. The minimum Gasteiger partial charge on any atom is -0.508 e. The molecule has 0 saturated carbocycles. The van der Waals surface area contributed by atoms with Gasteiger partial charge in [0.25, 0.3) is 12.4 Å². The number of amidine groups is 1. The van der Waals surface area contributed by atoms with Crippen LogP contribution < -0.4 is 43.8 Å². The number of nitrogens with one attached hydrogen (secondary N) is 2. The largest absolute Gasteiger partial charge is 0.508 e. The van der Waals surface area contributed by atoms with Crippen LogP contribution in [-0.2, 0) is 0 Å². The molecule has 0 aromatic heterocycles. The summed E-state index contributed by atoms with van der Waals surface area (Å²) in [5, 5.41) is 25.0. The maximum absolute atomic E-state index is 11.1. The first kappa shape index (κ1) is 35.2. The maximum atomic E-state index is 11.1. The van der Waals surface area contributed by atoms with Crippen molar-refractivity contribution in [2.45, 2.75) is 19.1 Å². The lowest BCUT2D eigenvalue weighted by molar-refractivity contribution is 0.0508. The zero-order chi connectivity index (χ0) is 36.0. The third-order valence-electron chi connectivity index (χ3n) is 7.28. The van der Waals surface area contributed by atoms with Crippen LogP contribution in [0.15, 0.2) is 126 Å². The van der Waals surface area contributed by atoms with Gasteiger partial charge in [-0.05, 0) is 121 Å². The number of aldehydes is 1. The Morgan fingerprint density at radius 1 is 0.538 bits per heavy atom. The number of phenols is 2. The van der Waals surface area contributed by atoms with Gasteiger partial charge in [0.05, 0.1) is 13.2 Å². The van der Waals surface area contributed by atoms with Gasteiger partial charge in [0.15, 0.2) is 0 Å². The first-order valence-corrected chi connectivity index (χ1v) is 16.4. The van der Waals surface area contributed by atoms with Crippen molar-refractivity contribution >= 4 is 12.3 Å². The minimum atomic E-state index is -0.897. The summed E-state index contributed by atoms with van der Waals surface area (Å²) in [7, 11) is 0. The van der Waals surface area contributed by atoms with E-state index in [9.17, 15) is 15.0 Å². The highest BCUT2D eigenvalue weighted by Crippen LogP contribution is 2.22. The highest BCUT2D eigenvalue weighted by molar-refractivity contribution is 5.77. The molecule has 2 unspecified atom stereocenters. The molecule has 1 aliphatic rings. The van der Waals surface area contributed by atoms with E-state index in [0.717, 1.165) is 6.29 Å². The van der Waals surface area contributed by atoms with Crippen LogP contribution in [0.5, 0.6) is 51.7 Å². The molecule has 6 rings (SSSR count). The Morgan fingerprint density at radius 3 is 1.48 bits per heavy atom. The fraction of sp³-hybridized carbons (Fsp3) is 0.179. The molecule has 1 aliphatic heterocycles. The Morgan fingerprint density at radius 2 is 0.962 bits per heavy atom. The number of aromatic hydroxyl groups is 2. The molecule has 1 heterocycles. The number of carbonyl (C=O) groups excluding carboxylic acids is 1. The lowest BCUT2D eigenvalue weighted by Crippen LogP contribution is -2.59. The van der Waals surface area contributed by atoms with Gasteiger partial charge in [-0.2, -0.15) is 4.99 Å². The zero-order valence-corrected chi connectivity index (χ0v) is 27.9. The van der Waals surface area contributed by atoms with Gasteiger partial charge in [-0.3, -0.25) is 10.1 Å². The second kappa shape index (κ2) is 17.9. The fourth-order valence-electron chi connectivity index (χ4n) is 4.71. The number of hydrogen-bond donors (Lipinski definition) is 4. The van der Waals surface area contributed by atoms with E-state index in [4.69, 9.17) is 33.2 Å². The fourth-order valence-corrected chi connectivity index (χ4v) is 4.71. The summed E-state index contributed by atoms with van der Waals surface area (Å²) < 4.78 is 41.1. The molecular formula is C39H37N3O10. The van der Waals surface area contributed by atoms with Gasteiger partial charge < -0.3 is 43.4 Å². The first-order chi connectivity index (χ1) is 25.5. The van der Waals surface area contributed by atoms with E-state index in [1.54, 1.807) is 121 Å². The molecule has 2 atom stereocenters. The Bertz CT molecular complexity index is 1870. The average molecular weight is 708 g/mol. The van der Waals surface area contributed by atoms with Crippen molar-refractivity contribution in [1.82, 2.24) is 10.6 Å². The van der Waals surface area contributed by atoms with Crippen molar-refractivity contribution in [1.29, 1.82) is 0 Å². The molecule has 5 aromatic carbocycles. The molecule has 13 heteroatoms. The highest BCUT2D eigenvalue weighted by Gasteiger charge is 2.26. The molecule has 0 spiro atoms. The van der Waals surface area contributed by atoms with E-state index in [1.807, 2.05) is 0 Å². The van der Waals surface area contributed by atoms with Crippen molar-refractivity contribution in [2.75, 3.05) is 26.4 Å². The average Bonchev–Trinajstić information content (AvgIpc) is 3.16. The highest BCUT2D eigenvalue weighted by atomic mass is 16.6. The Hall–Kier alpha value is -6.60. The van der Waals surface area contributed by atoms with E-state index >= 15 is 0 Å². The number of hydrogen-bond acceptors (Lipinski definition) is 13. The summed E-state index contributed by atoms with van der Waals surface area (Å²) in [5.41, 5.74) is 0.520. The smallest absolute Gasteiger partial charge is 0.298 e. The van der Waals surface area contributed by atoms with Crippen LogP contribution in [0.3, 0.4) is 0 Å². The number of carbonyl (C=O) groups is 1. The summed E-state index contributed by atoms with van der Waals surface area (Å²) in [6.07, 6.45) is -0.276. The molecule has 52 heavy (non-hydrogen) atoms. The lowest BCUT2D eigenvalue weighted by Gasteiger charge is -2.30. The van der Waals surface area contributed by atoms with E-state index < -0.39 is 12.7 Å². The molecule has 5 aromatic rings. The van der Waals surface area contributed by atoms with Crippen molar-refractivity contribution in [3.05, 3.63) is 127 Å². The number of aliphatic imine (C=N–C) groups is 1. The zero-order valence-electron chi connectivity index (χ0n) is 27.9. The van der Waals surface area contributed by atoms with E-state index in [-0.39, 0.29) is 17.5 Å². The second-order valence-electron chi connectivity index (χ2n) is 11.2. The molecule has 0 aliphatic carbocycles. The monoisotopic (exact) mass is 707 g/mol. The van der Waals surface area contributed by atoms with Gasteiger partial charge in [0, 0.05) is 12.0 Å². The predicted octanol–water partition coefficient (Wildman–Crippen LogP) is 5.87. The maximum Gasteiger partial charge on any atom is 0.298 e. The van der Waals surface area contributed by atoms with Crippen LogP contribution in [0, 0.1) is 0 Å². The van der Waals surface area contributed by atoms with Crippen LogP contribution >= 0.6 is 0 Å². The summed E-state index contributed by atoms with van der Waals surface area (Å²) in [6.45, 7) is 1.57. The molecular weight excluding hydrogens is 670 g/mol. The van der Waals surface area contributed by atoms with Gasteiger partial charge in [0.1, 0.15) is 71.2 Å². The number of rotatable bonds is 17. The molecule has 0 saturated heterocycles. The quantitative estimate of drug-likeness (QED) is 0.0674. The molecule has 0 bridgehead atoms. The number of phenolic OH excluding ortho intramolecular Hbond substituents is 2. The van der Waals surface area contributed by atoms with Crippen molar-refractivity contribution in [3.8, 4) is 51.7 Å². The number of benzene rings is 5. The van der Waals surface area contributed by atoms with Crippen LogP contribution in [0.4, 0.5) is 0 Å². The van der Waals surface area contributed by atoms with E-state index in [1.165, 1.54) is 0 Å². The third-order valence-corrected chi connectivity index (χ3v) is 7.28. The number of ether oxygens (including phenoxy) is 7. The van der Waals surface area contributed by atoms with Crippen LogP contribution in [-0.4, -0.2) is 61.7 Å².